The minimum absolute atomic E-state index is 0.0149. The standard InChI is InChI=1S/C22H27ClO3/c1-5-26-21(25)19(20(24)16-9-7-11-18(23)14-16)13-15-8-6-10-17(12-15)22(2,3)4/h6-12,14,19-20,24H,5,13H2,1-4H3. The number of carbonyl (C=O) groups is 1. The second-order valence-electron chi connectivity index (χ2n) is 7.51. The Morgan fingerprint density at radius 2 is 1.85 bits per heavy atom. The van der Waals surface area contributed by atoms with Crippen molar-refractivity contribution < 1.29 is 14.6 Å². The Morgan fingerprint density at radius 1 is 1.15 bits per heavy atom. The van der Waals surface area contributed by atoms with Gasteiger partial charge in [-0.25, -0.2) is 0 Å². The molecule has 2 atom stereocenters. The summed E-state index contributed by atoms with van der Waals surface area (Å²) in [4.78, 5) is 12.5. The highest BCUT2D eigenvalue weighted by Gasteiger charge is 2.30. The van der Waals surface area contributed by atoms with Gasteiger partial charge in [-0.15, -0.1) is 0 Å². The van der Waals surface area contributed by atoms with Crippen molar-refractivity contribution in [3.63, 3.8) is 0 Å². The number of ether oxygens (including phenoxy) is 1. The van der Waals surface area contributed by atoms with E-state index in [9.17, 15) is 9.90 Å². The third-order valence-electron chi connectivity index (χ3n) is 4.41. The molecule has 0 fully saturated rings. The van der Waals surface area contributed by atoms with E-state index in [-0.39, 0.29) is 12.0 Å². The molecular weight excluding hydrogens is 348 g/mol. The SMILES string of the molecule is CCOC(=O)C(Cc1cccc(C(C)(C)C)c1)C(O)c1cccc(Cl)c1. The van der Waals surface area contributed by atoms with Gasteiger partial charge >= 0.3 is 5.97 Å². The van der Waals surface area contributed by atoms with Crippen molar-refractivity contribution >= 4 is 17.6 Å². The average molecular weight is 375 g/mol. The Bertz CT molecular complexity index is 749. The summed E-state index contributed by atoms with van der Waals surface area (Å²) in [6, 6.07) is 15.1. The summed E-state index contributed by atoms with van der Waals surface area (Å²) in [5, 5.41) is 11.4. The van der Waals surface area contributed by atoms with E-state index in [0.29, 0.717) is 17.0 Å². The van der Waals surface area contributed by atoms with Crippen molar-refractivity contribution in [3.05, 3.63) is 70.2 Å². The number of hydrogen-bond donors (Lipinski definition) is 1. The largest absolute Gasteiger partial charge is 0.466 e. The monoisotopic (exact) mass is 374 g/mol. The zero-order valence-electron chi connectivity index (χ0n) is 15.8. The van der Waals surface area contributed by atoms with Crippen LogP contribution in [-0.4, -0.2) is 17.7 Å². The minimum Gasteiger partial charge on any atom is -0.466 e. The number of hydrogen-bond acceptors (Lipinski definition) is 3. The lowest BCUT2D eigenvalue weighted by Crippen LogP contribution is -2.27. The molecule has 0 amide bonds. The molecule has 0 aliphatic carbocycles. The third-order valence-corrected chi connectivity index (χ3v) is 4.64. The van der Waals surface area contributed by atoms with Crippen LogP contribution in [0.1, 0.15) is 50.5 Å². The zero-order chi connectivity index (χ0) is 19.3. The Morgan fingerprint density at radius 3 is 2.46 bits per heavy atom. The first-order valence-corrected chi connectivity index (χ1v) is 9.29. The molecule has 2 rings (SSSR count). The summed E-state index contributed by atoms with van der Waals surface area (Å²) >= 11 is 6.04. The maximum Gasteiger partial charge on any atom is 0.312 e. The minimum atomic E-state index is -0.981. The lowest BCUT2D eigenvalue weighted by molar-refractivity contribution is -0.152. The van der Waals surface area contributed by atoms with Crippen molar-refractivity contribution in [1.29, 1.82) is 0 Å². The fraction of sp³-hybridized carbons (Fsp3) is 0.409. The molecule has 0 aromatic heterocycles. The predicted octanol–water partition coefficient (Wildman–Crippen LogP) is 5.09. The molecule has 4 heteroatoms. The van der Waals surface area contributed by atoms with E-state index >= 15 is 0 Å². The van der Waals surface area contributed by atoms with E-state index in [0.717, 1.165) is 5.56 Å². The number of esters is 1. The number of aliphatic hydroxyl groups is 1. The number of carbonyl (C=O) groups excluding carboxylic acids is 1. The molecule has 2 aromatic carbocycles. The van der Waals surface area contributed by atoms with Gasteiger partial charge in [-0.3, -0.25) is 4.79 Å². The Hall–Kier alpha value is -1.84. The first-order valence-electron chi connectivity index (χ1n) is 8.92. The molecule has 26 heavy (non-hydrogen) atoms. The topological polar surface area (TPSA) is 46.5 Å². The van der Waals surface area contributed by atoms with Gasteiger partial charge in [0.2, 0.25) is 0 Å². The van der Waals surface area contributed by atoms with Crippen LogP contribution in [0.15, 0.2) is 48.5 Å². The molecule has 0 spiro atoms. The second-order valence-corrected chi connectivity index (χ2v) is 7.95. The molecule has 0 bridgehead atoms. The molecule has 0 saturated heterocycles. The molecule has 0 aliphatic rings. The highest BCUT2D eigenvalue weighted by atomic mass is 35.5. The van der Waals surface area contributed by atoms with Crippen LogP contribution in [-0.2, 0) is 21.4 Å². The maximum atomic E-state index is 12.5. The van der Waals surface area contributed by atoms with Gasteiger partial charge in [0, 0.05) is 5.02 Å². The van der Waals surface area contributed by atoms with E-state index in [1.807, 2.05) is 12.1 Å². The molecular formula is C22H27ClO3. The van der Waals surface area contributed by atoms with E-state index in [1.54, 1.807) is 31.2 Å². The van der Waals surface area contributed by atoms with Crippen LogP contribution in [0.5, 0.6) is 0 Å². The highest BCUT2D eigenvalue weighted by molar-refractivity contribution is 6.30. The summed E-state index contributed by atoms with van der Waals surface area (Å²) in [6.07, 6.45) is -0.581. The molecule has 0 radical (unpaired) electrons. The molecule has 0 heterocycles. The van der Waals surface area contributed by atoms with E-state index in [4.69, 9.17) is 16.3 Å². The van der Waals surface area contributed by atoms with E-state index in [2.05, 4.69) is 32.9 Å². The van der Waals surface area contributed by atoms with Crippen LogP contribution < -0.4 is 0 Å². The first-order chi connectivity index (χ1) is 12.2. The smallest absolute Gasteiger partial charge is 0.312 e. The Kier molecular flexibility index (Phi) is 6.85. The van der Waals surface area contributed by atoms with Gasteiger partial charge in [-0.05, 0) is 47.6 Å². The molecule has 3 nitrogen and oxygen atoms in total. The Labute approximate surface area is 161 Å². The molecule has 140 valence electrons. The van der Waals surface area contributed by atoms with Gasteiger partial charge in [-0.2, -0.15) is 0 Å². The molecule has 2 unspecified atom stereocenters. The Balaban J connectivity index is 2.32. The lowest BCUT2D eigenvalue weighted by Gasteiger charge is -2.24. The van der Waals surface area contributed by atoms with Gasteiger partial charge in [0.05, 0.1) is 18.6 Å². The highest BCUT2D eigenvalue weighted by Crippen LogP contribution is 2.30. The predicted molar refractivity (Wildman–Crippen MR) is 105 cm³/mol. The molecule has 0 aliphatic heterocycles. The molecule has 2 aromatic rings. The summed E-state index contributed by atoms with van der Waals surface area (Å²) in [5.41, 5.74) is 2.81. The summed E-state index contributed by atoms with van der Waals surface area (Å²) in [6.45, 7) is 8.49. The van der Waals surface area contributed by atoms with Gasteiger partial charge < -0.3 is 9.84 Å². The number of halogens is 1. The summed E-state index contributed by atoms with van der Waals surface area (Å²) < 4.78 is 5.21. The van der Waals surface area contributed by atoms with Crippen LogP contribution in [0.2, 0.25) is 5.02 Å². The average Bonchev–Trinajstić information content (AvgIpc) is 2.59. The van der Waals surface area contributed by atoms with Crippen LogP contribution in [0.3, 0.4) is 0 Å². The number of aliphatic hydroxyl groups excluding tert-OH is 1. The van der Waals surface area contributed by atoms with Gasteiger partial charge in [0.1, 0.15) is 0 Å². The molecule has 1 N–H and O–H groups in total. The van der Waals surface area contributed by atoms with Crippen molar-refractivity contribution in [2.24, 2.45) is 5.92 Å². The maximum absolute atomic E-state index is 12.5. The number of benzene rings is 2. The van der Waals surface area contributed by atoms with Gasteiger partial charge in [-0.1, -0.05) is 68.8 Å². The van der Waals surface area contributed by atoms with Crippen LogP contribution >= 0.6 is 11.6 Å². The zero-order valence-corrected chi connectivity index (χ0v) is 16.6. The molecule has 0 saturated carbocycles. The first kappa shape index (κ1) is 20.5. The van der Waals surface area contributed by atoms with E-state index < -0.39 is 18.0 Å². The second kappa shape index (κ2) is 8.70. The van der Waals surface area contributed by atoms with Crippen molar-refractivity contribution in [2.45, 2.75) is 45.6 Å². The normalized spacial score (nSPS) is 13.9. The lowest BCUT2D eigenvalue weighted by atomic mass is 9.84. The van der Waals surface area contributed by atoms with Crippen molar-refractivity contribution in [3.8, 4) is 0 Å². The number of rotatable bonds is 6. The third kappa shape index (κ3) is 5.33. The fourth-order valence-corrected chi connectivity index (χ4v) is 3.11. The summed E-state index contributed by atoms with van der Waals surface area (Å²) in [7, 11) is 0. The van der Waals surface area contributed by atoms with Crippen molar-refractivity contribution in [2.75, 3.05) is 6.61 Å². The fourth-order valence-electron chi connectivity index (χ4n) is 2.91. The quantitative estimate of drug-likeness (QED) is 0.716. The van der Waals surface area contributed by atoms with Crippen LogP contribution in [0.25, 0.3) is 0 Å². The summed E-state index contributed by atoms with van der Waals surface area (Å²) in [5.74, 6) is -1.09. The van der Waals surface area contributed by atoms with Crippen LogP contribution in [0.4, 0.5) is 0 Å². The van der Waals surface area contributed by atoms with E-state index in [1.165, 1.54) is 5.56 Å². The van der Waals surface area contributed by atoms with Gasteiger partial charge in [0.25, 0.3) is 0 Å². The van der Waals surface area contributed by atoms with Gasteiger partial charge in [0.15, 0.2) is 0 Å². The van der Waals surface area contributed by atoms with Crippen LogP contribution in [0, 0.1) is 5.92 Å². The van der Waals surface area contributed by atoms with Crippen molar-refractivity contribution in [1.82, 2.24) is 0 Å².